The average molecular weight is 1120 g/mol. The van der Waals surface area contributed by atoms with Crippen molar-refractivity contribution in [2.75, 3.05) is 13.2 Å². The maximum Gasteiger partial charge on any atom is 0.305 e. The van der Waals surface area contributed by atoms with Gasteiger partial charge in [0.1, 0.15) is 0 Å². The second-order valence-corrected chi connectivity index (χ2v) is 24.9. The Bertz CT molecular complexity index is 1300. The Hall–Kier alpha value is -1.92. The predicted molar refractivity (Wildman–Crippen MR) is 352 cm³/mol. The minimum absolute atomic E-state index is 0.000921. The van der Waals surface area contributed by atoms with E-state index in [-0.39, 0.29) is 18.5 Å². The first kappa shape index (κ1) is 78.1. The molecule has 6 heteroatoms. The van der Waals surface area contributed by atoms with E-state index in [1.54, 1.807) is 0 Å². The third-order valence-corrected chi connectivity index (χ3v) is 16.9. The van der Waals surface area contributed by atoms with Crippen LogP contribution in [0.5, 0.6) is 0 Å². The highest BCUT2D eigenvalue weighted by atomic mass is 16.5. The molecule has 80 heavy (non-hydrogen) atoms. The van der Waals surface area contributed by atoms with E-state index in [2.05, 4.69) is 55.6 Å². The summed E-state index contributed by atoms with van der Waals surface area (Å²) in [5, 5.41) is 23.4. The van der Waals surface area contributed by atoms with Gasteiger partial charge in [0.05, 0.1) is 25.4 Å². The van der Waals surface area contributed by atoms with Crippen LogP contribution in [0.15, 0.2) is 36.5 Å². The number of aliphatic hydroxyl groups is 2. The third-order valence-electron chi connectivity index (χ3n) is 16.9. The minimum atomic E-state index is -0.666. The number of hydrogen-bond donors (Lipinski definition) is 3. The highest BCUT2D eigenvalue weighted by Crippen LogP contribution is 2.19. The van der Waals surface area contributed by atoms with Gasteiger partial charge in [-0.3, -0.25) is 9.59 Å². The van der Waals surface area contributed by atoms with Gasteiger partial charge in [0.2, 0.25) is 5.91 Å². The van der Waals surface area contributed by atoms with Crippen LogP contribution < -0.4 is 5.32 Å². The molecule has 0 saturated heterocycles. The van der Waals surface area contributed by atoms with Crippen LogP contribution in [-0.2, 0) is 14.3 Å². The summed E-state index contributed by atoms with van der Waals surface area (Å²) in [6.07, 6.45) is 89.1. The van der Waals surface area contributed by atoms with E-state index in [4.69, 9.17) is 4.74 Å². The summed E-state index contributed by atoms with van der Waals surface area (Å²) >= 11 is 0. The fourth-order valence-corrected chi connectivity index (χ4v) is 11.4. The first-order valence-electron chi connectivity index (χ1n) is 36.2. The molecule has 1 amide bonds. The molecule has 0 aliphatic carbocycles. The molecule has 0 heterocycles. The van der Waals surface area contributed by atoms with Crippen molar-refractivity contribution in [2.24, 2.45) is 0 Å². The van der Waals surface area contributed by atoms with Gasteiger partial charge in [-0.2, -0.15) is 0 Å². The quantitative estimate of drug-likeness (QED) is 0.0320. The van der Waals surface area contributed by atoms with Crippen molar-refractivity contribution in [1.29, 1.82) is 0 Å². The molecular weight excluding hydrogens is 983 g/mol. The number of rotatable bonds is 68. The Morgan fingerprint density at radius 3 is 1.01 bits per heavy atom. The van der Waals surface area contributed by atoms with Crippen molar-refractivity contribution < 1.29 is 24.5 Å². The van der Waals surface area contributed by atoms with Gasteiger partial charge in [-0.05, 0) is 77.0 Å². The Morgan fingerprint density at radius 1 is 0.350 bits per heavy atom. The molecule has 472 valence electrons. The normalized spacial score (nSPS) is 12.7. The smallest absolute Gasteiger partial charge is 0.305 e. The Labute approximate surface area is 500 Å². The average Bonchev–Trinajstić information content (AvgIpc) is 3.46. The Kier molecular flexibility index (Phi) is 67.9. The van der Waals surface area contributed by atoms with Gasteiger partial charge in [0, 0.05) is 12.8 Å². The summed E-state index contributed by atoms with van der Waals surface area (Å²) in [5.74, 6) is -0.0297. The lowest BCUT2D eigenvalue weighted by Gasteiger charge is -2.22. The van der Waals surface area contributed by atoms with E-state index >= 15 is 0 Å². The largest absolute Gasteiger partial charge is 0.466 e. The first-order chi connectivity index (χ1) is 39.5. The molecule has 0 aromatic heterocycles. The number of hydrogen-bond acceptors (Lipinski definition) is 5. The minimum Gasteiger partial charge on any atom is -0.466 e. The Balaban J connectivity index is 3.39. The summed E-state index contributed by atoms with van der Waals surface area (Å²) in [5.41, 5.74) is 0. The number of nitrogens with one attached hydrogen (secondary N) is 1. The van der Waals surface area contributed by atoms with Crippen LogP contribution in [-0.4, -0.2) is 47.4 Å². The van der Waals surface area contributed by atoms with Gasteiger partial charge in [-0.15, -0.1) is 0 Å². The molecule has 0 aliphatic heterocycles. The highest BCUT2D eigenvalue weighted by molar-refractivity contribution is 5.76. The number of aliphatic hydroxyl groups excluding tert-OH is 2. The molecule has 2 unspecified atom stereocenters. The van der Waals surface area contributed by atoms with Gasteiger partial charge in [0.25, 0.3) is 0 Å². The maximum atomic E-state index is 12.6. The fourth-order valence-electron chi connectivity index (χ4n) is 11.4. The fraction of sp³-hybridized carbons (Fsp3) is 0.892. The number of allylic oxidation sites excluding steroid dienone is 6. The molecule has 3 N–H and O–H groups in total. The monoisotopic (exact) mass is 1120 g/mol. The lowest BCUT2D eigenvalue weighted by atomic mass is 10.0. The zero-order valence-corrected chi connectivity index (χ0v) is 54.1. The van der Waals surface area contributed by atoms with Gasteiger partial charge in [-0.1, -0.05) is 346 Å². The van der Waals surface area contributed by atoms with Crippen molar-refractivity contribution in [3.05, 3.63) is 36.5 Å². The van der Waals surface area contributed by atoms with E-state index in [0.29, 0.717) is 25.9 Å². The summed E-state index contributed by atoms with van der Waals surface area (Å²) in [4.78, 5) is 24.6. The zero-order chi connectivity index (χ0) is 57.8. The summed E-state index contributed by atoms with van der Waals surface area (Å²) < 4.78 is 5.47. The number of amides is 1. The summed E-state index contributed by atoms with van der Waals surface area (Å²) in [6, 6.07) is -0.543. The third kappa shape index (κ3) is 65.2. The summed E-state index contributed by atoms with van der Waals surface area (Å²) in [7, 11) is 0. The predicted octanol–water partition coefficient (Wildman–Crippen LogP) is 23.5. The van der Waals surface area contributed by atoms with E-state index in [9.17, 15) is 19.8 Å². The summed E-state index contributed by atoms with van der Waals surface area (Å²) in [6.45, 7) is 4.92. The molecule has 2 atom stereocenters. The molecule has 0 bridgehead atoms. The van der Waals surface area contributed by atoms with Crippen molar-refractivity contribution in [2.45, 2.75) is 411 Å². The molecule has 0 aliphatic rings. The van der Waals surface area contributed by atoms with E-state index in [1.807, 2.05) is 0 Å². The van der Waals surface area contributed by atoms with Crippen molar-refractivity contribution in [3.63, 3.8) is 0 Å². The van der Waals surface area contributed by atoms with Crippen LogP contribution in [0.1, 0.15) is 399 Å². The maximum absolute atomic E-state index is 12.6. The van der Waals surface area contributed by atoms with E-state index in [1.165, 1.54) is 315 Å². The zero-order valence-electron chi connectivity index (χ0n) is 54.1. The molecule has 0 aromatic rings. The SMILES string of the molecule is CCC/C=C\C/C=C\CCCCCCCC(=O)OCCCCCCCCCCCCCC/C=C\CCCCCCCCCCCCCCC(=O)NC(CO)C(O)CCCCCCCCCCCCCCCCCCCCCCCC. The molecule has 6 nitrogen and oxygen atoms in total. The molecule has 0 radical (unpaired) electrons. The van der Waals surface area contributed by atoms with Crippen molar-refractivity contribution in [3.8, 4) is 0 Å². The number of carbonyl (C=O) groups excluding carboxylic acids is 2. The number of ether oxygens (including phenoxy) is 1. The molecule has 0 rings (SSSR count). The van der Waals surface area contributed by atoms with Crippen molar-refractivity contribution >= 4 is 11.9 Å². The molecular formula is C74H141NO5. The van der Waals surface area contributed by atoms with Gasteiger partial charge < -0.3 is 20.3 Å². The van der Waals surface area contributed by atoms with Crippen LogP contribution in [0.25, 0.3) is 0 Å². The van der Waals surface area contributed by atoms with Gasteiger partial charge in [0.15, 0.2) is 0 Å². The van der Waals surface area contributed by atoms with E-state index in [0.717, 1.165) is 51.4 Å². The second kappa shape index (κ2) is 69.6. The van der Waals surface area contributed by atoms with Crippen LogP contribution in [0, 0.1) is 0 Å². The van der Waals surface area contributed by atoms with Gasteiger partial charge in [-0.25, -0.2) is 0 Å². The molecule has 0 fully saturated rings. The van der Waals surface area contributed by atoms with Crippen LogP contribution >= 0.6 is 0 Å². The first-order valence-corrected chi connectivity index (χ1v) is 36.2. The number of carbonyl (C=O) groups is 2. The van der Waals surface area contributed by atoms with E-state index < -0.39 is 12.1 Å². The highest BCUT2D eigenvalue weighted by Gasteiger charge is 2.20. The van der Waals surface area contributed by atoms with Crippen LogP contribution in [0.3, 0.4) is 0 Å². The van der Waals surface area contributed by atoms with Gasteiger partial charge >= 0.3 is 5.97 Å². The topological polar surface area (TPSA) is 95.9 Å². The second-order valence-electron chi connectivity index (χ2n) is 24.9. The lowest BCUT2D eigenvalue weighted by molar-refractivity contribution is -0.143. The van der Waals surface area contributed by atoms with Crippen LogP contribution in [0.4, 0.5) is 0 Å². The number of unbranched alkanes of at least 4 members (excludes halogenated alkanes) is 51. The standard InChI is InChI=1S/C74H141NO5/c1-3-5-7-9-11-13-15-17-18-19-20-21-30-33-36-39-43-46-50-54-58-62-66-72(77)71(70-76)75-73(78)67-63-59-55-51-47-44-40-37-34-31-28-26-24-22-23-25-27-29-32-35-38-41-45-49-53-57-61-65-69-80-74(79)68-64-60-56-52-48-42-16-14-12-10-8-6-4-2/h8,10,14,16,22-23,71-72,76-77H,3-7,9,11-13,15,17-21,24-70H2,1-2H3,(H,75,78)/b10-8-,16-14-,23-22-. The van der Waals surface area contributed by atoms with Crippen molar-refractivity contribution in [1.82, 2.24) is 5.32 Å². The molecule has 0 saturated carbocycles. The Morgan fingerprint density at radius 2 is 0.650 bits per heavy atom. The number of esters is 1. The molecule has 0 spiro atoms. The van der Waals surface area contributed by atoms with Crippen LogP contribution in [0.2, 0.25) is 0 Å². The lowest BCUT2D eigenvalue weighted by Crippen LogP contribution is -2.45. The molecule has 0 aromatic carbocycles.